The second-order valence-corrected chi connectivity index (χ2v) is 20.3. The zero-order valence-electron chi connectivity index (χ0n) is 40.4. The van der Waals surface area contributed by atoms with Gasteiger partial charge in [0, 0.05) is 54.2 Å². The minimum atomic E-state index is -0.198. The second kappa shape index (κ2) is 18.1. The first-order valence-corrected chi connectivity index (χ1v) is 23.4. The van der Waals surface area contributed by atoms with Gasteiger partial charge in [-0.3, -0.25) is 4.98 Å². The first-order chi connectivity index (χ1) is 32.1. The van der Waals surface area contributed by atoms with E-state index in [2.05, 4.69) is 194 Å². The Kier molecular flexibility index (Phi) is 12.4. The maximum atomic E-state index is 6.78. The fourth-order valence-corrected chi connectivity index (χ4v) is 9.09. The van der Waals surface area contributed by atoms with Gasteiger partial charge in [0.1, 0.15) is 11.1 Å². The van der Waals surface area contributed by atoms with Crippen LogP contribution in [0.3, 0.4) is 0 Å². The van der Waals surface area contributed by atoms with Crippen LogP contribution in [-0.2, 0) is 30.9 Å². The molecule has 0 saturated carbocycles. The monoisotopic (exact) mass is 1070 g/mol. The van der Waals surface area contributed by atoms with Gasteiger partial charge in [-0.1, -0.05) is 147 Å². The van der Waals surface area contributed by atoms with E-state index >= 15 is 0 Å². The third kappa shape index (κ3) is 8.59. The van der Waals surface area contributed by atoms with Crippen LogP contribution in [0.4, 0.5) is 0 Å². The number of pyridine rings is 1. The summed E-state index contributed by atoms with van der Waals surface area (Å²) in [5.74, 6) is 2.01. The van der Waals surface area contributed by atoms with Crippen molar-refractivity contribution in [1.29, 1.82) is 0 Å². The van der Waals surface area contributed by atoms with Crippen molar-refractivity contribution in [1.82, 2.24) is 19.5 Å². The van der Waals surface area contributed by atoms with Gasteiger partial charge < -0.3 is 18.4 Å². The normalized spacial score (nSPS) is 12.1. The number of imidazole rings is 1. The summed E-state index contributed by atoms with van der Waals surface area (Å²) in [7, 11) is 0. The van der Waals surface area contributed by atoms with Crippen molar-refractivity contribution in [3.05, 3.63) is 180 Å². The summed E-state index contributed by atoms with van der Waals surface area (Å²) in [5.41, 5.74) is 15.3. The Balaban J connectivity index is 0.000000289. The third-order valence-electron chi connectivity index (χ3n) is 12.7. The van der Waals surface area contributed by atoms with E-state index in [0.29, 0.717) is 5.89 Å². The van der Waals surface area contributed by atoms with E-state index in [1.54, 1.807) is 0 Å². The smallest absolute Gasteiger partial charge is 0.200 e. The van der Waals surface area contributed by atoms with E-state index in [1.807, 2.05) is 42.6 Å². The van der Waals surface area contributed by atoms with Crippen molar-refractivity contribution in [3.8, 4) is 39.5 Å². The number of nitrogens with zero attached hydrogens (tertiary/aromatic N) is 4. The van der Waals surface area contributed by atoms with Crippen molar-refractivity contribution < 1.29 is 28.9 Å². The molecule has 0 aliphatic rings. The molecule has 68 heavy (non-hydrogen) atoms. The van der Waals surface area contributed by atoms with Crippen LogP contribution in [0.25, 0.3) is 94.3 Å². The molecule has 0 amide bonds. The fraction of sp³-hybridized carbons (Fsp3) is 0.230. The SMILES string of the molecule is CC(C)(C)c1ccnc(-c2[c-]cccc2)c1.CC(C)c1cc(-c2ccccc2)cc(C(C)C)c1-n1c(-c2[c-]ccc3c2oc2cc4nc(C(C)(C)C)oc4cc23)nc2ccc3ccccc3c21.[Ir]. The van der Waals surface area contributed by atoms with Gasteiger partial charge in [-0.15, -0.1) is 54.1 Å². The summed E-state index contributed by atoms with van der Waals surface area (Å²) < 4.78 is 15.4. The van der Waals surface area contributed by atoms with Crippen LogP contribution in [0.2, 0.25) is 0 Å². The Labute approximate surface area is 412 Å². The van der Waals surface area contributed by atoms with E-state index in [-0.39, 0.29) is 42.8 Å². The quantitative estimate of drug-likeness (QED) is 0.155. The molecule has 0 aliphatic heterocycles. The third-order valence-corrected chi connectivity index (χ3v) is 12.7. The van der Waals surface area contributed by atoms with E-state index in [1.165, 1.54) is 38.9 Å². The predicted molar refractivity (Wildman–Crippen MR) is 277 cm³/mol. The van der Waals surface area contributed by atoms with Gasteiger partial charge in [0.05, 0.1) is 22.4 Å². The maximum Gasteiger partial charge on any atom is 0.200 e. The Morgan fingerprint density at radius 2 is 1.29 bits per heavy atom. The summed E-state index contributed by atoms with van der Waals surface area (Å²) in [6.07, 6.45) is 1.87. The Morgan fingerprint density at radius 1 is 0.574 bits per heavy atom. The van der Waals surface area contributed by atoms with Crippen LogP contribution < -0.4 is 0 Å². The zero-order valence-corrected chi connectivity index (χ0v) is 42.8. The van der Waals surface area contributed by atoms with Crippen molar-refractivity contribution in [2.75, 3.05) is 0 Å². The molecule has 0 N–H and O–H groups in total. The number of benzene rings is 7. The predicted octanol–water partition coefficient (Wildman–Crippen LogP) is 16.7. The molecule has 0 atom stereocenters. The molecule has 7 heteroatoms. The number of rotatable bonds is 6. The number of fused-ring (bicyclic) bond motifs is 7. The van der Waals surface area contributed by atoms with Crippen LogP contribution in [0, 0.1) is 12.1 Å². The van der Waals surface area contributed by atoms with Crippen molar-refractivity contribution in [2.45, 2.75) is 91.9 Å². The molecule has 6 nitrogen and oxygen atoms in total. The van der Waals surface area contributed by atoms with Crippen LogP contribution in [0.1, 0.15) is 104 Å². The Morgan fingerprint density at radius 3 is 1.99 bits per heavy atom. The minimum absolute atomic E-state index is 0. The molecule has 0 bridgehead atoms. The van der Waals surface area contributed by atoms with Crippen LogP contribution >= 0.6 is 0 Å². The van der Waals surface area contributed by atoms with E-state index < -0.39 is 0 Å². The first kappa shape index (κ1) is 46.4. The van der Waals surface area contributed by atoms with Gasteiger partial charge in [-0.05, 0) is 86.5 Å². The molecule has 0 fully saturated rings. The number of hydrogen-bond donors (Lipinski definition) is 0. The number of furan rings is 1. The molecule has 7 aromatic carbocycles. The van der Waals surface area contributed by atoms with Crippen LogP contribution in [0.5, 0.6) is 0 Å². The molecule has 4 aromatic heterocycles. The molecule has 0 saturated heterocycles. The van der Waals surface area contributed by atoms with Crippen molar-refractivity contribution >= 4 is 54.8 Å². The van der Waals surface area contributed by atoms with E-state index in [4.69, 9.17) is 18.8 Å². The molecule has 0 aliphatic carbocycles. The summed E-state index contributed by atoms with van der Waals surface area (Å²) in [6, 6.07) is 55.4. The maximum absolute atomic E-state index is 6.78. The van der Waals surface area contributed by atoms with E-state index in [9.17, 15) is 0 Å². The molecule has 343 valence electrons. The number of hydrogen-bond acceptors (Lipinski definition) is 5. The van der Waals surface area contributed by atoms with Crippen molar-refractivity contribution in [2.24, 2.45) is 0 Å². The number of oxazole rings is 1. The Bertz CT molecular complexity index is 3570. The molecule has 11 rings (SSSR count). The molecule has 1 radical (unpaired) electrons. The van der Waals surface area contributed by atoms with Crippen LogP contribution in [0.15, 0.2) is 155 Å². The first-order valence-electron chi connectivity index (χ1n) is 23.4. The summed E-state index contributed by atoms with van der Waals surface area (Å²) in [4.78, 5) is 14.7. The molecular weight excluding hydrogens is 1010 g/mol. The van der Waals surface area contributed by atoms with Gasteiger partial charge in [-0.25, -0.2) is 4.98 Å². The fourth-order valence-electron chi connectivity index (χ4n) is 9.09. The summed E-state index contributed by atoms with van der Waals surface area (Å²) in [6.45, 7) is 22.1. The molecule has 0 unspecified atom stereocenters. The van der Waals surface area contributed by atoms with Gasteiger partial charge in [0.15, 0.2) is 5.58 Å². The average molecular weight is 1070 g/mol. The van der Waals surface area contributed by atoms with Gasteiger partial charge in [0.25, 0.3) is 0 Å². The molecular formula is C61H56IrN4O2-2. The summed E-state index contributed by atoms with van der Waals surface area (Å²) >= 11 is 0. The standard InChI is InChI=1S/C46H40N3O2.C15H16N.Ir/c1-26(2)34-22-30(28-14-9-8-10-15-28)23-35(27(3)4)41(34)49-42-31-17-12-11-16-29(31)20-21-37(42)47-44(49)33-19-13-18-32-36-24-40-38(25-39(36)50-43(32)33)48-45(51-40)46(5,6)7;1-15(2,3)13-9-10-16-14(11-13)12-7-5-4-6-8-12;/h8-18,20-27H,1-7H3;4-7,9-11H,1-3H3;/q2*-1;. The van der Waals surface area contributed by atoms with Gasteiger partial charge in [-0.2, -0.15) is 0 Å². The molecule has 11 aromatic rings. The van der Waals surface area contributed by atoms with Crippen LogP contribution in [-0.4, -0.2) is 19.5 Å². The zero-order chi connectivity index (χ0) is 46.8. The minimum Gasteiger partial charge on any atom is -0.500 e. The largest absolute Gasteiger partial charge is 0.500 e. The average Bonchev–Trinajstić information content (AvgIpc) is 4.04. The Hall–Kier alpha value is -6.66. The topological polar surface area (TPSA) is 69.9 Å². The van der Waals surface area contributed by atoms with E-state index in [0.717, 1.165) is 72.1 Å². The molecule has 4 heterocycles. The number of aromatic nitrogens is 4. The summed E-state index contributed by atoms with van der Waals surface area (Å²) in [5, 5.41) is 4.30. The molecule has 0 spiro atoms. The van der Waals surface area contributed by atoms with Gasteiger partial charge in [0.2, 0.25) is 5.89 Å². The second-order valence-electron chi connectivity index (χ2n) is 20.3. The van der Waals surface area contributed by atoms with Gasteiger partial charge >= 0.3 is 0 Å². The van der Waals surface area contributed by atoms with Crippen molar-refractivity contribution in [3.63, 3.8) is 0 Å².